The van der Waals surface area contributed by atoms with Crippen LogP contribution in [-0.2, 0) is 16.6 Å². The van der Waals surface area contributed by atoms with Crippen molar-refractivity contribution in [1.29, 1.82) is 0 Å². The Morgan fingerprint density at radius 1 is 1.13 bits per heavy atom. The molecule has 0 bridgehead atoms. The van der Waals surface area contributed by atoms with Gasteiger partial charge in [-0.1, -0.05) is 18.2 Å². The smallest absolute Gasteiger partial charge is 0.242 e. The topological polar surface area (TPSA) is 76.9 Å². The lowest BCUT2D eigenvalue weighted by atomic mass is 10.2. The van der Waals surface area contributed by atoms with Crippen molar-refractivity contribution in [2.24, 2.45) is 0 Å². The van der Waals surface area contributed by atoms with E-state index in [0.29, 0.717) is 18.5 Å². The van der Waals surface area contributed by atoms with Crippen LogP contribution < -0.4 is 4.72 Å². The minimum atomic E-state index is -3.58. The summed E-state index contributed by atoms with van der Waals surface area (Å²) < 4.78 is 29.6. The van der Waals surface area contributed by atoms with Crippen molar-refractivity contribution in [3.05, 3.63) is 54.7 Å². The zero-order chi connectivity index (χ0) is 16.3. The number of rotatable bonds is 6. The van der Waals surface area contributed by atoms with Crippen LogP contribution in [0.1, 0.15) is 12.2 Å². The molecule has 1 aromatic carbocycles. The Kier molecular flexibility index (Phi) is 4.40. The van der Waals surface area contributed by atoms with Crippen LogP contribution >= 0.6 is 0 Å². The number of para-hydroxylation sites is 1. The normalized spacial score (nSPS) is 11.9. The van der Waals surface area contributed by atoms with Crippen molar-refractivity contribution < 1.29 is 8.42 Å². The fourth-order valence-corrected chi connectivity index (χ4v) is 3.72. The molecule has 23 heavy (non-hydrogen) atoms. The van der Waals surface area contributed by atoms with E-state index >= 15 is 0 Å². The highest BCUT2D eigenvalue weighted by molar-refractivity contribution is 7.89. The van der Waals surface area contributed by atoms with E-state index in [-0.39, 0.29) is 4.90 Å². The molecule has 0 fully saturated rings. The summed E-state index contributed by atoms with van der Waals surface area (Å²) in [6.45, 7) is 3.01. The second-order valence-corrected chi connectivity index (χ2v) is 6.99. The first-order valence-electron chi connectivity index (χ1n) is 7.39. The Hall–Kier alpha value is -2.25. The first kappa shape index (κ1) is 15.6. The molecule has 0 spiro atoms. The van der Waals surface area contributed by atoms with Gasteiger partial charge in [0.2, 0.25) is 10.0 Å². The molecule has 0 aliphatic carbocycles. The molecule has 0 saturated carbocycles. The molecule has 0 unspecified atom stereocenters. The van der Waals surface area contributed by atoms with E-state index in [0.717, 1.165) is 17.8 Å². The number of aryl methyl sites for hydroxylation is 2. The number of nitrogens with one attached hydrogen (secondary N) is 1. The van der Waals surface area contributed by atoms with Crippen LogP contribution in [0.5, 0.6) is 0 Å². The first-order chi connectivity index (χ1) is 11.1. The molecule has 7 heteroatoms. The molecule has 0 saturated heterocycles. The summed E-state index contributed by atoms with van der Waals surface area (Å²) in [7, 11) is -3.58. The van der Waals surface area contributed by atoms with Gasteiger partial charge in [0.15, 0.2) is 0 Å². The number of aromatic nitrogens is 3. The maximum absolute atomic E-state index is 12.5. The third kappa shape index (κ3) is 3.40. The van der Waals surface area contributed by atoms with Crippen LogP contribution in [-0.4, -0.2) is 29.5 Å². The highest BCUT2D eigenvalue weighted by Crippen LogP contribution is 2.20. The first-order valence-corrected chi connectivity index (χ1v) is 8.87. The number of pyridine rings is 1. The highest BCUT2D eigenvalue weighted by atomic mass is 32.2. The van der Waals surface area contributed by atoms with Crippen LogP contribution in [0.3, 0.4) is 0 Å². The minimum absolute atomic E-state index is 0.217. The van der Waals surface area contributed by atoms with Gasteiger partial charge >= 0.3 is 0 Å². The fraction of sp³-hybridized carbons (Fsp3) is 0.250. The van der Waals surface area contributed by atoms with E-state index < -0.39 is 10.0 Å². The molecule has 3 rings (SSSR count). The summed E-state index contributed by atoms with van der Waals surface area (Å²) >= 11 is 0. The van der Waals surface area contributed by atoms with Gasteiger partial charge in [0.05, 0.1) is 5.52 Å². The number of imidazole rings is 1. The van der Waals surface area contributed by atoms with Crippen molar-refractivity contribution in [2.45, 2.75) is 24.8 Å². The lowest BCUT2D eigenvalue weighted by Gasteiger charge is -2.09. The molecule has 2 aromatic heterocycles. The third-order valence-electron chi connectivity index (χ3n) is 3.68. The van der Waals surface area contributed by atoms with Crippen LogP contribution in [0, 0.1) is 6.92 Å². The van der Waals surface area contributed by atoms with Gasteiger partial charge in [-0.05, 0) is 25.5 Å². The van der Waals surface area contributed by atoms with Crippen molar-refractivity contribution in [3.8, 4) is 0 Å². The van der Waals surface area contributed by atoms with E-state index in [1.807, 2.05) is 29.8 Å². The van der Waals surface area contributed by atoms with Crippen molar-refractivity contribution in [2.75, 3.05) is 6.54 Å². The summed E-state index contributed by atoms with van der Waals surface area (Å²) in [5.74, 6) is 0.922. The second-order valence-electron chi connectivity index (χ2n) is 5.25. The van der Waals surface area contributed by atoms with Crippen LogP contribution in [0.15, 0.2) is 53.8 Å². The van der Waals surface area contributed by atoms with Gasteiger partial charge in [-0.25, -0.2) is 18.1 Å². The zero-order valence-corrected chi connectivity index (χ0v) is 13.6. The quantitative estimate of drug-likeness (QED) is 0.702. The molecular weight excluding hydrogens is 312 g/mol. The number of benzene rings is 1. The molecule has 0 amide bonds. The maximum Gasteiger partial charge on any atom is 0.242 e. The largest absolute Gasteiger partial charge is 0.335 e. The van der Waals surface area contributed by atoms with Gasteiger partial charge in [0.1, 0.15) is 10.7 Å². The molecule has 0 aliphatic heterocycles. The number of sulfonamides is 1. The number of hydrogen-bond acceptors (Lipinski definition) is 4. The van der Waals surface area contributed by atoms with E-state index in [2.05, 4.69) is 14.7 Å². The SMILES string of the molecule is Cc1nccn1CCCNS(=O)(=O)c1cccc2cccnc12. The fourth-order valence-electron chi connectivity index (χ4n) is 2.47. The van der Waals surface area contributed by atoms with Gasteiger partial charge in [-0.2, -0.15) is 0 Å². The van der Waals surface area contributed by atoms with Crippen LogP contribution in [0.25, 0.3) is 10.9 Å². The Balaban J connectivity index is 1.70. The summed E-state index contributed by atoms with van der Waals surface area (Å²) in [5.41, 5.74) is 0.493. The van der Waals surface area contributed by atoms with E-state index in [1.165, 1.54) is 0 Å². The third-order valence-corrected chi connectivity index (χ3v) is 5.17. The van der Waals surface area contributed by atoms with Gasteiger partial charge in [-0.15, -0.1) is 0 Å². The lowest BCUT2D eigenvalue weighted by molar-refractivity contribution is 0.568. The summed E-state index contributed by atoms with van der Waals surface area (Å²) in [5, 5.41) is 0.810. The molecule has 0 aliphatic rings. The lowest BCUT2D eigenvalue weighted by Crippen LogP contribution is -2.26. The molecule has 3 aromatic rings. The van der Waals surface area contributed by atoms with Crippen LogP contribution in [0.2, 0.25) is 0 Å². The van der Waals surface area contributed by atoms with Crippen LogP contribution in [0.4, 0.5) is 0 Å². The maximum atomic E-state index is 12.5. The van der Waals surface area contributed by atoms with E-state index in [9.17, 15) is 8.42 Å². The summed E-state index contributed by atoms with van der Waals surface area (Å²) in [4.78, 5) is 8.56. The number of nitrogens with zero attached hydrogens (tertiary/aromatic N) is 3. The standard InChI is InChI=1S/C16H18N4O2S/c1-13-17-10-12-20(13)11-4-9-19-23(21,22)15-7-2-5-14-6-3-8-18-16(14)15/h2-3,5-8,10,12,19H,4,9,11H2,1H3. The highest BCUT2D eigenvalue weighted by Gasteiger charge is 2.17. The summed E-state index contributed by atoms with van der Waals surface area (Å²) in [6, 6.07) is 8.80. The van der Waals surface area contributed by atoms with Gasteiger partial charge in [0.25, 0.3) is 0 Å². The Morgan fingerprint density at radius 3 is 2.74 bits per heavy atom. The zero-order valence-electron chi connectivity index (χ0n) is 12.8. The van der Waals surface area contributed by atoms with Gasteiger partial charge in [0, 0.05) is 37.1 Å². The summed E-state index contributed by atoms with van der Waals surface area (Å²) in [6.07, 6.45) is 5.91. The predicted molar refractivity (Wildman–Crippen MR) is 88.5 cm³/mol. The number of fused-ring (bicyclic) bond motifs is 1. The average Bonchev–Trinajstić information content (AvgIpc) is 2.96. The van der Waals surface area contributed by atoms with E-state index in [1.54, 1.807) is 30.6 Å². The molecule has 120 valence electrons. The van der Waals surface area contributed by atoms with Crippen molar-refractivity contribution in [3.63, 3.8) is 0 Å². The molecule has 6 nitrogen and oxygen atoms in total. The Bertz CT molecular complexity index is 913. The van der Waals surface area contributed by atoms with E-state index in [4.69, 9.17) is 0 Å². The molecule has 0 radical (unpaired) electrons. The molecule has 1 N–H and O–H groups in total. The minimum Gasteiger partial charge on any atom is -0.335 e. The van der Waals surface area contributed by atoms with Crippen molar-refractivity contribution in [1.82, 2.24) is 19.3 Å². The Labute approximate surface area is 135 Å². The average molecular weight is 330 g/mol. The van der Waals surface area contributed by atoms with Gasteiger partial charge < -0.3 is 4.57 Å². The molecule has 2 heterocycles. The van der Waals surface area contributed by atoms with Crippen molar-refractivity contribution >= 4 is 20.9 Å². The molecule has 0 atom stereocenters. The molecular formula is C16H18N4O2S. The predicted octanol–water partition coefficient (Wildman–Crippen LogP) is 2.11. The monoisotopic (exact) mass is 330 g/mol. The van der Waals surface area contributed by atoms with Gasteiger partial charge in [-0.3, -0.25) is 4.98 Å². The number of hydrogen-bond donors (Lipinski definition) is 1. The Morgan fingerprint density at radius 2 is 1.96 bits per heavy atom. The second kappa shape index (κ2) is 6.47.